The Morgan fingerprint density at radius 2 is 1.86 bits per heavy atom. The van der Waals surface area contributed by atoms with Gasteiger partial charge in [-0.15, -0.1) is 0 Å². The average molecular weight is 383 g/mol. The highest BCUT2D eigenvalue weighted by atomic mass is 16.5. The predicted molar refractivity (Wildman–Crippen MR) is 111 cm³/mol. The van der Waals surface area contributed by atoms with Crippen molar-refractivity contribution >= 4 is 0 Å². The molecule has 0 amide bonds. The summed E-state index contributed by atoms with van der Waals surface area (Å²) in [4.78, 5) is 12.7. The van der Waals surface area contributed by atoms with Crippen molar-refractivity contribution in [2.45, 2.75) is 91.6 Å². The summed E-state index contributed by atoms with van der Waals surface area (Å²) in [6.07, 6.45) is 6.41. The van der Waals surface area contributed by atoms with Gasteiger partial charge in [0.1, 0.15) is 11.6 Å². The fourth-order valence-corrected chi connectivity index (χ4v) is 4.80. The molecule has 0 bridgehead atoms. The van der Waals surface area contributed by atoms with Gasteiger partial charge in [-0.05, 0) is 77.8 Å². The van der Waals surface area contributed by atoms with E-state index >= 15 is 0 Å². The average Bonchev–Trinajstić information content (AvgIpc) is 3.42. The van der Waals surface area contributed by atoms with Gasteiger partial charge in [0.2, 0.25) is 0 Å². The first-order valence-electron chi connectivity index (χ1n) is 10.9. The van der Waals surface area contributed by atoms with Crippen LogP contribution in [0.15, 0.2) is 4.52 Å². The minimum atomic E-state index is 0.300. The Kier molecular flexibility index (Phi) is 5.30. The molecular formula is C23H34N4O. The lowest BCUT2D eigenvalue weighted by atomic mass is 9.86. The van der Waals surface area contributed by atoms with Crippen LogP contribution >= 0.6 is 0 Å². The number of rotatable bonds is 5. The molecule has 1 saturated carbocycles. The van der Waals surface area contributed by atoms with E-state index in [1.165, 1.54) is 43.5 Å². The molecular weight excluding hydrogens is 348 g/mol. The summed E-state index contributed by atoms with van der Waals surface area (Å²) in [5, 5.41) is 4.15. The lowest BCUT2D eigenvalue weighted by Gasteiger charge is -2.38. The van der Waals surface area contributed by atoms with E-state index in [4.69, 9.17) is 14.5 Å². The SMILES string of the molecule is Cc1noc(C)c1-c1nc(C(C)C)nc(C[C@H]2CCN(C3CC3)[C@@H](C)C2)c1C. The number of hydrogen-bond acceptors (Lipinski definition) is 5. The van der Waals surface area contributed by atoms with Crippen molar-refractivity contribution in [2.24, 2.45) is 5.92 Å². The first kappa shape index (κ1) is 19.6. The van der Waals surface area contributed by atoms with Gasteiger partial charge in [0.05, 0.1) is 17.0 Å². The van der Waals surface area contributed by atoms with Crippen molar-refractivity contribution in [2.75, 3.05) is 6.54 Å². The van der Waals surface area contributed by atoms with Gasteiger partial charge in [0.25, 0.3) is 0 Å². The Morgan fingerprint density at radius 1 is 1.11 bits per heavy atom. The van der Waals surface area contributed by atoms with Crippen LogP contribution in [0.2, 0.25) is 0 Å². The fraction of sp³-hybridized carbons (Fsp3) is 0.696. The third-order valence-corrected chi connectivity index (χ3v) is 6.58. The number of nitrogens with zero attached hydrogens (tertiary/aromatic N) is 4. The molecule has 1 saturated heterocycles. The van der Waals surface area contributed by atoms with Crippen molar-refractivity contribution < 1.29 is 4.52 Å². The van der Waals surface area contributed by atoms with Crippen LogP contribution in [-0.2, 0) is 6.42 Å². The molecule has 1 aliphatic carbocycles. The topological polar surface area (TPSA) is 55.1 Å². The van der Waals surface area contributed by atoms with Gasteiger partial charge >= 0.3 is 0 Å². The second-order valence-electron chi connectivity index (χ2n) is 9.27. The number of hydrogen-bond donors (Lipinski definition) is 0. The van der Waals surface area contributed by atoms with Crippen molar-refractivity contribution in [1.82, 2.24) is 20.0 Å². The van der Waals surface area contributed by atoms with Gasteiger partial charge in [-0.1, -0.05) is 19.0 Å². The van der Waals surface area contributed by atoms with Crippen molar-refractivity contribution in [3.8, 4) is 11.3 Å². The second-order valence-corrected chi connectivity index (χ2v) is 9.27. The Bertz CT molecular complexity index is 833. The standard InChI is InChI=1S/C23H34N4O/c1-13(2)23-24-20(12-18-9-10-27(14(3)11-18)19-7-8-19)15(4)22(25-23)21-16(5)26-28-17(21)6/h13-14,18-19H,7-12H2,1-6H3/t14-,18-/m0/s1. The van der Waals surface area contributed by atoms with Crippen LogP contribution in [0.3, 0.4) is 0 Å². The van der Waals surface area contributed by atoms with Crippen LogP contribution in [0.5, 0.6) is 0 Å². The summed E-state index contributed by atoms with van der Waals surface area (Å²) < 4.78 is 5.43. The van der Waals surface area contributed by atoms with Gasteiger partial charge in [0.15, 0.2) is 0 Å². The van der Waals surface area contributed by atoms with E-state index in [0.29, 0.717) is 17.9 Å². The van der Waals surface area contributed by atoms with Gasteiger partial charge in [-0.3, -0.25) is 4.90 Å². The van der Waals surface area contributed by atoms with Crippen LogP contribution in [0.1, 0.15) is 80.9 Å². The summed E-state index contributed by atoms with van der Waals surface area (Å²) in [5.41, 5.74) is 5.36. The number of aryl methyl sites for hydroxylation is 2. The Balaban J connectivity index is 1.63. The molecule has 5 heteroatoms. The normalized spacial score (nSPS) is 23.5. The van der Waals surface area contributed by atoms with Gasteiger partial charge in [-0.25, -0.2) is 9.97 Å². The van der Waals surface area contributed by atoms with Crippen LogP contribution in [0.4, 0.5) is 0 Å². The zero-order chi connectivity index (χ0) is 20.0. The van der Waals surface area contributed by atoms with Crippen molar-refractivity contribution in [3.63, 3.8) is 0 Å². The van der Waals surface area contributed by atoms with Crippen LogP contribution in [0.25, 0.3) is 11.3 Å². The van der Waals surface area contributed by atoms with Gasteiger partial charge in [0, 0.05) is 23.7 Å². The number of likely N-dealkylation sites (tertiary alicyclic amines) is 1. The van der Waals surface area contributed by atoms with Gasteiger partial charge < -0.3 is 4.52 Å². The predicted octanol–water partition coefficient (Wildman–Crippen LogP) is 4.99. The minimum absolute atomic E-state index is 0.300. The largest absolute Gasteiger partial charge is 0.361 e. The first-order valence-corrected chi connectivity index (χ1v) is 10.9. The molecule has 4 rings (SSSR count). The summed E-state index contributed by atoms with van der Waals surface area (Å²) in [6.45, 7) is 14.1. The third-order valence-electron chi connectivity index (χ3n) is 6.58. The van der Waals surface area contributed by atoms with Gasteiger partial charge in [-0.2, -0.15) is 0 Å². The molecule has 0 unspecified atom stereocenters. The highest BCUT2D eigenvalue weighted by Gasteiger charge is 2.36. The lowest BCUT2D eigenvalue weighted by Crippen LogP contribution is -2.42. The molecule has 0 N–H and O–H groups in total. The number of aromatic nitrogens is 3. The number of piperidine rings is 1. The Morgan fingerprint density at radius 3 is 2.43 bits per heavy atom. The van der Waals surface area contributed by atoms with E-state index in [9.17, 15) is 0 Å². The molecule has 0 radical (unpaired) electrons. The van der Waals surface area contributed by atoms with E-state index in [0.717, 1.165) is 41.0 Å². The summed E-state index contributed by atoms with van der Waals surface area (Å²) >= 11 is 0. The molecule has 0 aromatic carbocycles. The highest BCUT2D eigenvalue weighted by Crippen LogP contribution is 2.36. The van der Waals surface area contributed by atoms with E-state index in [2.05, 4.69) is 37.8 Å². The molecule has 152 valence electrons. The van der Waals surface area contributed by atoms with E-state index in [1.54, 1.807) is 0 Å². The maximum absolute atomic E-state index is 5.43. The maximum Gasteiger partial charge on any atom is 0.143 e. The molecule has 2 atom stereocenters. The Hall–Kier alpha value is -1.75. The molecule has 2 fully saturated rings. The monoisotopic (exact) mass is 382 g/mol. The molecule has 5 nitrogen and oxygen atoms in total. The zero-order valence-corrected chi connectivity index (χ0v) is 18.2. The minimum Gasteiger partial charge on any atom is -0.361 e. The molecule has 2 aromatic rings. The quantitative estimate of drug-likeness (QED) is 0.729. The van der Waals surface area contributed by atoms with Crippen molar-refractivity contribution in [1.29, 1.82) is 0 Å². The molecule has 0 spiro atoms. The highest BCUT2D eigenvalue weighted by molar-refractivity contribution is 5.67. The molecule has 1 aliphatic heterocycles. The van der Waals surface area contributed by atoms with Crippen LogP contribution in [-0.4, -0.2) is 38.7 Å². The van der Waals surface area contributed by atoms with E-state index in [1.807, 2.05) is 13.8 Å². The van der Waals surface area contributed by atoms with Crippen LogP contribution in [0, 0.1) is 26.7 Å². The smallest absolute Gasteiger partial charge is 0.143 e. The third kappa shape index (κ3) is 3.73. The van der Waals surface area contributed by atoms with E-state index < -0.39 is 0 Å². The first-order chi connectivity index (χ1) is 13.3. The fourth-order valence-electron chi connectivity index (χ4n) is 4.80. The molecule has 28 heavy (non-hydrogen) atoms. The Labute approximate surface area is 168 Å². The maximum atomic E-state index is 5.43. The zero-order valence-electron chi connectivity index (χ0n) is 18.2. The molecule has 2 aromatic heterocycles. The summed E-state index contributed by atoms with van der Waals surface area (Å²) in [5.74, 6) is 2.77. The van der Waals surface area contributed by atoms with E-state index in [-0.39, 0.29) is 0 Å². The van der Waals surface area contributed by atoms with Crippen LogP contribution < -0.4 is 0 Å². The summed E-state index contributed by atoms with van der Waals surface area (Å²) in [7, 11) is 0. The summed E-state index contributed by atoms with van der Waals surface area (Å²) in [6, 6.07) is 1.57. The lowest BCUT2D eigenvalue weighted by molar-refractivity contribution is 0.114. The molecule has 2 aliphatic rings. The molecule has 3 heterocycles. The van der Waals surface area contributed by atoms with Crippen molar-refractivity contribution in [3.05, 3.63) is 28.5 Å². The second kappa shape index (κ2) is 7.58.